The summed E-state index contributed by atoms with van der Waals surface area (Å²) in [6.07, 6.45) is 0. The van der Waals surface area contributed by atoms with Crippen LogP contribution >= 0.6 is 0 Å². The predicted molar refractivity (Wildman–Crippen MR) is 69.6 cm³/mol. The molecular weight excluding hydrogens is 213 g/mol. The molecule has 2 rings (SSSR count). The van der Waals surface area contributed by atoms with E-state index in [1.807, 2.05) is 13.0 Å². The molecule has 2 aromatic carbocycles. The molecule has 1 N–H and O–H groups in total. The molecule has 0 aliphatic rings. The van der Waals surface area contributed by atoms with Crippen LogP contribution in [-0.2, 0) is 6.54 Å². The molecule has 0 aliphatic carbocycles. The first-order valence-electron chi connectivity index (χ1n) is 5.71. The highest BCUT2D eigenvalue weighted by Crippen LogP contribution is 2.17. The van der Waals surface area contributed by atoms with E-state index >= 15 is 0 Å². The number of anilines is 1. The Morgan fingerprint density at radius 1 is 1.06 bits per heavy atom. The van der Waals surface area contributed by atoms with Crippen molar-refractivity contribution in [1.82, 2.24) is 0 Å². The first kappa shape index (κ1) is 11.6. The first-order chi connectivity index (χ1) is 8.15. The van der Waals surface area contributed by atoms with Gasteiger partial charge in [-0.05, 0) is 37.1 Å². The SMILES string of the molecule is Cc1cccc(CNc2cc(F)ccc2C)c1. The molecule has 0 fully saturated rings. The molecule has 0 spiro atoms. The van der Waals surface area contributed by atoms with Crippen molar-refractivity contribution in [2.75, 3.05) is 5.32 Å². The van der Waals surface area contributed by atoms with Crippen LogP contribution in [0, 0.1) is 19.7 Å². The number of halogens is 1. The van der Waals surface area contributed by atoms with Crippen LogP contribution in [0.1, 0.15) is 16.7 Å². The lowest BCUT2D eigenvalue weighted by Gasteiger charge is -2.10. The minimum absolute atomic E-state index is 0.206. The number of hydrogen-bond acceptors (Lipinski definition) is 1. The van der Waals surface area contributed by atoms with Crippen LogP contribution < -0.4 is 5.32 Å². The van der Waals surface area contributed by atoms with Crippen LogP contribution in [0.25, 0.3) is 0 Å². The maximum absolute atomic E-state index is 13.1. The van der Waals surface area contributed by atoms with Crippen molar-refractivity contribution in [3.63, 3.8) is 0 Å². The summed E-state index contributed by atoms with van der Waals surface area (Å²) in [5.41, 5.74) is 4.35. The lowest BCUT2D eigenvalue weighted by Crippen LogP contribution is -2.01. The van der Waals surface area contributed by atoms with Gasteiger partial charge in [0.05, 0.1) is 0 Å². The predicted octanol–water partition coefficient (Wildman–Crippen LogP) is 4.05. The van der Waals surface area contributed by atoms with Crippen LogP contribution in [-0.4, -0.2) is 0 Å². The number of hydrogen-bond donors (Lipinski definition) is 1. The molecule has 0 unspecified atom stereocenters. The summed E-state index contributed by atoms with van der Waals surface area (Å²) in [5, 5.41) is 3.26. The number of rotatable bonds is 3. The largest absolute Gasteiger partial charge is 0.381 e. The Morgan fingerprint density at radius 2 is 1.88 bits per heavy atom. The van der Waals surface area contributed by atoms with Gasteiger partial charge >= 0.3 is 0 Å². The Kier molecular flexibility index (Phi) is 3.43. The van der Waals surface area contributed by atoms with Gasteiger partial charge in [-0.3, -0.25) is 0 Å². The van der Waals surface area contributed by atoms with Gasteiger partial charge in [-0.15, -0.1) is 0 Å². The van der Waals surface area contributed by atoms with Gasteiger partial charge in [-0.2, -0.15) is 0 Å². The quantitative estimate of drug-likeness (QED) is 0.837. The zero-order chi connectivity index (χ0) is 12.3. The summed E-state index contributed by atoms with van der Waals surface area (Å²) in [4.78, 5) is 0. The summed E-state index contributed by atoms with van der Waals surface area (Å²) in [6, 6.07) is 13.1. The topological polar surface area (TPSA) is 12.0 Å². The standard InChI is InChI=1S/C15H16FN/c1-11-4-3-5-13(8-11)10-17-15-9-14(16)7-6-12(15)2/h3-9,17H,10H2,1-2H3. The highest BCUT2D eigenvalue weighted by Gasteiger charge is 2.00. The smallest absolute Gasteiger partial charge is 0.125 e. The molecule has 2 aromatic rings. The molecule has 0 heterocycles. The maximum Gasteiger partial charge on any atom is 0.125 e. The van der Waals surface area contributed by atoms with E-state index in [1.165, 1.54) is 23.3 Å². The van der Waals surface area contributed by atoms with Crippen molar-refractivity contribution in [2.45, 2.75) is 20.4 Å². The van der Waals surface area contributed by atoms with Crippen molar-refractivity contribution in [3.05, 3.63) is 65.0 Å². The Labute approximate surface area is 101 Å². The molecule has 1 nitrogen and oxygen atoms in total. The van der Waals surface area contributed by atoms with E-state index < -0.39 is 0 Å². The van der Waals surface area contributed by atoms with Gasteiger partial charge in [0.1, 0.15) is 5.82 Å². The maximum atomic E-state index is 13.1. The summed E-state index contributed by atoms with van der Waals surface area (Å²) < 4.78 is 13.1. The highest BCUT2D eigenvalue weighted by atomic mass is 19.1. The normalized spacial score (nSPS) is 10.3. The molecule has 0 saturated heterocycles. The third-order valence-corrected chi connectivity index (χ3v) is 2.77. The van der Waals surface area contributed by atoms with Crippen molar-refractivity contribution in [1.29, 1.82) is 0 Å². The average Bonchev–Trinajstić information content (AvgIpc) is 2.30. The monoisotopic (exact) mass is 229 g/mol. The molecule has 2 heteroatoms. The summed E-state index contributed by atoms with van der Waals surface area (Å²) in [5.74, 6) is -0.206. The van der Waals surface area contributed by atoms with Gasteiger partial charge in [0.25, 0.3) is 0 Å². The minimum Gasteiger partial charge on any atom is -0.381 e. The molecule has 17 heavy (non-hydrogen) atoms. The van der Waals surface area contributed by atoms with E-state index in [9.17, 15) is 4.39 Å². The van der Waals surface area contributed by atoms with E-state index in [-0.39, 0.29) is 5.82 Å². The summed E-state index contributed by atoms with van der Waals surface area (Å²) in [7, 11) is 0. The van der Waals surface area contributed by atoms with E-state index in [1.54, 1.807) is 6.07 Å². The van der Waals surface area contributed by atoms with Gasteiger partial charge in [0, 0.05) is 12.2 Å². The van der Waals surface area contributed by atoms with Gasteiger partial charge in [0.15, 0.2) is 0 Å². The Balaban J connectivity index is 2.09. The molecule has 0 atom stereocenters. The van der Waals surface area contributed by atoms with Crippen LogP contribution in [0.2, 0.25) is 0 Å². The second-order valence-electron chi connectivity index (χ2n) is 4.30. The molecule has 88 valence electrons. The highest BCUT2D eigenvalue weighted by molar-refractivity contribution is 5.51. The lowest BCUT2D eigenvalue weighted by atomic mass is 10.1. The Hall–Kier alpha value is -1.83. The van der Waals surface area contributed by atoms with Crippen molar-refractivity contribution < 1.29 is 4.39 Å². The fourth-order valence-corrected chi connectivity index (χ4v) is 1.80. The molecule has 0 radical (unpaired) electrons. The molecule has 0 bridgehead atoms. The summed E-state index contributed by atoms with van der Waals surface area (Å²) >= 11 is 0. The van der Waals surface area contributed by atoms with Crippen molar-refractivity contribution in [2.24, 2.45) is 0 Å². The third-order valence-electron chi connectivity index (χ3n) is 2.77. The minimum atomic E-state index is -0.206. The fourth-order valence-electron chi connectivity index (χ4n) is 1.80. The first-order valence-corrected chi connectivity index (χ1v) is 5.71. The molecule has 0 amide bonds. The van der Waals surface area contributed by atoms with Crippen molar-refractivity contribution >= 4 is 5.69 Å². The number of benzene rings is 2. The molecular formula is C15H16FN. The van der Waals surface area contributed by atoms with Crippen molar-refractivity contribution in [3.8, 4) is 0 Å². The fraction of sp³-hybridized carbons (Fsp3) is 0.200. The summed E-state index contributed by atoms with van der Waals surface area (Å²) in [6.45, 7) is 4.75. The molecule has 0 saturated carbocycles. The average molecular weight is 229 g/mol. The molecule has 0 aromatic heterocycles. The van der Waals surface area contributed by atoms with Gasteiger partial charge in [-0.1, -0.05) is 35.9 Å². The second-order valence-corrected chi connectivity index (χ2v) is 4.30. The van der Waals surface area contributed by atoms with Gasteiger partial charge < -0.3 is 5.32 Å². The van der Waals surface area contributed by atoms with E-state index in [2.05, 4.69) is 30.4 Å². The number of aryl methyl sites for hydroxylation is 2. The van der Waals surface area contributed by atoms with Crippen LogP contribution in [0.3, 0.4) is 0 Å². The van der Waals surface area contributed by atoms with Crippen LogP contribution in [0.4, 0.5) is 10.1 Å². The van der Waals surface area contributed by atoms with E-state index in [0.717, 1.165) is 11.3 Å². The lowest BCUT2D eigenvalue weighted by molar-refractivity contribution is 0.628. The zero-order valence-corrected chi connectivity index (χ0v) is 10.1. The van der Waals surface area contributed by atoms with Crippen LogP contribution in [0.15, 0.2) is 42.5 Å². The molecule has 0 aliphatic heterocycles. The van der Waals surface area contributed by atoms with Gasteiger partial charge in [-0.25, -0.2) is 4.39 Å². The van der Waals surface area contributed by atoms with Gasteiger partial charge in [0.2, 0.25) is 0 Å². The Bertz CT molecular complexity index is 520. The van der Waals surface area contributed by atoms with E-state index in [0.29, 0.717) is 6.54 Å². The second kappa shape index (κ2) is 5.00. The Morgan fingerprint density at radius 3 is 2.65 bits per heavy atom. The zero-order valence-electron chi connectivity index (χ0n) is 10.1. The van der Waals surface area contributed by atoms with E-state index in [4.69, 9.17) is 0 Å². The van der Waals surface area contributed by atoms with Crippen LogP contribution in [0.5, 0.6) is 0 Å². The number of nitrogens with one attached hydrogen (secondary N) is 1. The third kappa shape index (κ3) is 3.06.